The number of carbonyl (C=O) groups excluding carboxylic acids is 3. The van der Waals surface area contributed by atoms with Gasteiger partial charge in [-0.15, -0.1) is 0 Å². The third-order valence-corrected chi connectivity index (χ3v) is 15.6. The number of allylic oxidation sites excluding steroid dienone is 8. The number of esters is 3. The Labute approximate surface area is 486 Å². The maximum absolute atomic E-state index is 12.9. The first-order valence-corrected chi connectivity index (χ1v) is 34.6. The van der Waals surface area contributed by atoms with Crippen LogP contribution >= 0.6 is 0 Å². The van der Waals surface area contributed by atoms with Crippen LogP contribution in [0.25, 0.3) is 0 Å². The zero-order valence-electron chi connectivity index (χ0n) is 52.5. The third-order valence-electron chi connectivity index (χ3n) is 15.6. The number of carbonyl (C=O) groups is 3. The van der Waals surface area contributed by atoms with Gasteiger partial charge in [0.15, 0.2) is 6.10 Å². The number of hydrogen-bond donors (Lipinski definition) is 0. The summed E-state index contributed by atoms with van der Waals surface area (Å²) >= 11 is 0. The summed E-state index contributed by atoms with van der Waals surface area (Å²) in [5.41, 5.74) is 0. The molecule has 0 saturated heterocycles. The van der Waals surface area contributed by atoms with Crippen molar-refractivity contribution in [3.63, 3.8) is 0 Å². The van der Waals surface area contributed by atoms with Gasteiger partial charge in [-0.1, -0.05) is 320 Å². The first-order chi connectivity index (χ1) is 38.5. The smallest absolute Gasteiger partial charge is 0.306 e. The fourth-order valence-electron chi connectivity index (χ4n) is 10.3. The summed E-state index contributed by atoms with van der Waals surface area (Å²) in [6.07, 6.45) is 84.2. The molecule has 0 aliphatic rings. The molecule has 0 saturated carbocycles. The van der Waals surface area contributed by atoms with Crippen LogP contribution in [0.15, 0.2) is 48.6 Å². The second-order valence-corrected chi connectivity index (χ2v) is 23.4. The molecule has 0 bridgehead atoms. The molecule has 1 atom stereocenters. The molecule has 0 radical (unpaired) electrons. The number of ether oxygens (including phenoxy) is 3. The molecule has 0 rings (SSSR count). The van der Waals surface area contributed by atoms with Gasteiger partial charge in [-0.05, 0) is 83.5 Å². The summed E-state index contributed by atoms with van der Waals surface area (Å²) in [6, 6.07) is 0. The van der Waals surface area contributed by atoms with Crippen LogP contribution < -0.4 is 0 Å². The summed E-state index contributed by atoms with van der Waals surface area (Å²) in [7, 11) is 0. The standard InChI is InChI=1S/C72H132O6/c1-4-7-10-13-16-19-22-25-27-29-31-33-34-35-36-37-39-40-42-44-47-50-53-56-59-62-65-71(74)77-68-69(67-76-70(73)64-61-58-55-52-49-46-24-21-18-15-12-9-6-3)78-72(75)66-63-60-57-54-51-48-45-43-41-38-32-30-28-26-23-20-17-14-11-8-5-2/h21,23-24,26,30,32,41,43,69H,4-20,22,25,27-29,31,33-40,42,44-68H2,1-3H3/b24-21-,26-23-,32-30-,43-41-. The Morgan fingerprint density at radius 3 is 0.744 bits per heavy atom. The maximum atomic E-state index is 12.9. The highest BCUT2D eigenvalue weighted by atomic mass is 16.6. The monoisotopic (exact) mass is 1090 g/mol. The van der Waals surface area contributed by atoms with Gasteiger partial charge in [0.2, 0.25) is 0 Å². The van der Waals surface area contributed by atoms with Crippen molar-refractivity contribution in [3.05, 3.63) is 48.6 Å². The number of rotatable bonds is 64. The normalized spacial score (nSPS) is 12.3. The average molecular weight is 1090 g/mol. The lowest BCUT2D eigenvalue weighted by Crippen LogP contribution is -2.30. The number of hydrogen-bond acceptors (Lipinski definition) is 6. The van der Waals surface area contributed by atoms with Crippen molar-refractivity contribution in [3.8, 4) is 0 Å². The van der Waals surface area contributed by atoms with E-state index in [2.05, 4.69) is 69.4 Å². The lowest BCUT2D eigenvalue weighted by atomic mass is 10.0. The highest BCUT2D eigenvalue weighted by Gasteiger charge is 2.19. The second kappa shape index (κ2) is 66.9. The van der Waals surface area contributed by atoms with E-state index in [0.717, 1.165) is 83.5 Å². The van der Waals surface area contributed by atoms with E-state index < -0.39 is 6.10 Å². The Morgan fingerprint density at radius 2 is 0.462 bits per heavy atom. The summed E-state index contributed by atoms with van der Waals surface area (Å²) in [6.45, 7) is 6.66. The Morgan fingerprint density at radius 1 is 0.256 bits per heavy atom. The van der Waals surface area contributed by atoms with Crippen LogP contribution in [0.2, 0.25) is 0 Å². The van der Waals surface area contributed by atoms with Gasteiger partial charge in [-0.3, -0.25) is 14.4 Å². The van der Waals surface area contributed by atoms with Crippen molar-refractivity contribution in [2.75, 3.05) is 13.2 Å². The minimum Gasteiger partial charge on any atom is -0.462 e. The van der Waals surface area contributed by atoms with E-state index in [9.17, 15) is 14.4 Å². The molecule has 456 valence electrons. The Bertz CT molecular complexity index is 1350. The van der Waals surface area contributed by atoms with E-state index in [1.807, 2.05) is 0 Å². The molecule has 0 fully saturated rings. The molecule has 0 aromatic carbocycles. The van der Waals surface area contributed by atoms with E-state index in [1.165, 1.54) is 250 Å². The second-order valence-electron chi connectivity index (χ2n) is 23.4. The fourth-order valence-corrected chi connectivity index (χ4v) is 10.3. The van der Waals surface area contributed by atoms with Crippen molar-refractivity contribution in [2.45, 2.75) is 380 Å². The minimum absolute atomic E-state index is 0.0775. The van der Waals surface area contributed by atoms with Gasteiger partial charge in [0.25, 0.3) is 0 Å². The summed E-state index contributed by atoms with van der Waals surface area (Å²) < 4.78 is 17.0. The summed E-state index contributed by atoms with van der Waals surface area (Å²) in [4.78, 5) is 38.4. The molecule has 78 heavy (non-hydrogen) atoms. The lowest BCUT2D eigenvalue weighted by molar-refractivity contribution is -0.167. The van der Waals surface area contributed by atoms with Crippen molar-refractivity contribution < 1.29 is 28.6 Å². The van der Waals surface area contributed by atoms with E-state index in [-0.39, 0.29) is 31.1 Å². The maximum Gasteiger partial charge on any atom is 0.306 e. The molecule has 6 nitrogen and oxygen atoms in total. The Kier molecular flexibility index (Phi) is 64.6. The number of unbranched alkanes of at least 4 members (excludes halogenated alkanes) is 45. The highest BCUT2D eigenvalue weighted by molar-refractivity contribution is 5.71. The largest absolute Gasteiger partial charge is 0.462 e. The topological polar surface area (TPSA) is 78.9 Å². The van der Waals surface area contributed by atoms with Crippen LogP contribution in [0.3, 0.4) is 0 Å². The summed E-state index contributed by atoms with van der Waals surface area (Å²) in [5, 5.41) is 0. The molecular weight excluding hydrogens is 961 g/mol. The molecule has 0 aliphatic carbocycles. The molecule has 6 heteroatoms. The van der Waals surface area contributed by atoms with Crippen molar-refractivity contribution in [1.29, 1.82) is 0 Å². The van der Waals surface area contributed by atoms with Gasteiger partial charge < -0.3 is 14.2 Å². The third kappa shape index (κ3) is 64.2. The minimum atomic E-state index is -0.783. The highest BCUT2D eigenvalue weighted by Crippen LogP contribution is 2.18. The predicted octanol–water partition coefficient (Wildman–Crippen LogP) is 23.7. The first-order valence-electron chi connectivity index (χ1n) is 34.6. The van der Waals surface area contributed by atoms with Crippen molar-refractivity contribution >= 4 is 17.9 Å². The first kappa shape index (κ1) is 75.4. The molecule has 0 aromatic heterocycles. The van der Waals surface area contributed by atoms with Crippen LogP contribution in [0.4, 0.5) is 0 Å². The average Bonchev–Trinajstić information content (AvgIpc) is 3.44. The van der Waals surface area contributed by atoms with Gasteiger partial charge in [0.05, 0.1) is 0 Å². The van der Waals surface area contributed by atoms with Gasteiger partial charge in [-0.25, -0.2) is 0 Å². The van der Waals surface area contributed by atoms with E-state index >= 15 is 0 Å². The zero-order chi connectivity index (χ0) is 56.4. The quantitative estimate of drug-likeness (QED) is 0.0261. The van der Waals surface area contributed by atoms with Crippen LogP contribution in [-0.2, 0) is 28.6 Å². The Balaban J connectivity index is 4.26. The fraction of sp³-hybridized carbons (Fsp3) is 0.847. The predicted molar refractivity (Wildman–Crippen MR) is 339 cm³/mol. The van der Waals surface area contributed by atoms with Gasteiger partial charge >= 0.3 is 17.9 Å². The SMILES string of the molecule is CCCCCC/C=C\CCCCCCCC(=O)OCC(COC(=O)CCCCCCCCCCCCCCCCCCCCCCCCCCCC)OC(=O)CCCCCCCC/C=C\C/C=C\C/C=C\CCCCCCC. The van der Waals surface area contributed by atoms with Crippen molar-refractivity contribution in [2.24, 2.45) is 0 Å². The molecule has 0 amide bonds. The lowest BCUT2D eigenvalue weighted by Gasteiger charge is -2.18. The van der Waals surface area contributed by atoms with Crippen LogP contribution in [0.1, 0.15) is 374 Å². The van der Waals surface area contributed by atoms with E-state index in [1.54, 1.807) is 0 Å². The summed E-state index contributed by atoms with van der Waals surface area (Å²) in [5.74, 6) is -0.876. The molecule has 0 aromatic rings. The molecular formula is C72H132O6. The molecule has 0 heterocycles. The van der Waals surface area contributed by atoms with Gasteiger partial charge in [0.1, 0.15) is 13.2 Å². The van der Waals surface area contributed by atoms with Crippen molar-refractivity contribution in [1.82, 2.24) is 0 Å². The van der Waals surface area contributed by atoms with Gasteiger partial charge in [-0.2, -0.15) is 0 Å². The molecule has 0 N–H and O–H groups in total. The van der Waals surface area contributed by atoms with E-state index in [0.29, 0.717) is 19.3 Å². The van der Waals surface area contributed by atoms with E-state index in [4.69, 9.17) is 14.2 Å². The van der Waals surface area contributed by atoms with Gasteiger partial charge in [0, 0.05) is 19.3 Å². The zero-order valence-corrected chi connectivity index (χ0v) is 52.5. The Hall–Kier alpha value is -2.63. The van der Waals surface area contributed by atoms with Crippen LogP contribution in [0, 0.1) is 0 Å². The molecule has 1 unspecified atom stereocenters. The van der Waals surface area contributed by atoms with Crippen LogP contribution in [-0.4, -0.2) is 37.2 Å². The molecule has 0 aliphatic heterocycles. The molecule has 0 spiro atoms. The van der Waals surface area contributed by atoms with Crippen LogP contribution in [0.5, 0.6) is 0 Å².